The minimum atomic E-state index is -0.284. The van der Waals surface area contributed by atoms with Crippen molar-refractivity contribution in [1.29, 1.82) is 0 Å². The highest BCUT2D eigenvalue weighted by atomic mass is 16.5. The first-order chi connectivity index (χ1) is 14.1. The van der Waals surface area contributed by atoms with Gasteiger partial charge in [-0.3, -0.25) is 9.59 Å². The van der Waals surface area contributed by atoms with Crippen LogP contribution in [0.15, 0.2) is 54.2 Å². The van der Waals surface area contributed by atoms with Gasteiger partial charge < -0.3 is 9.64 Å². The molecule has 1 saturated heterocycles. The highest BCUT2D eigenvalue weighted by molar-refractivity contribution is 6.45. The number of anilines is 1. The summed E-state index contributed by atoms with van der Waals surface area (Å²) in [7, 11) is 0. The third-order valence-corrected chi connectivity index (χ3v) is 5.39. The smallest absolute Gasteiger partial charge is 0.282 e. The molecule has 2 aromatic carbocycles. The molecule has 2 heterocycles. The van der Waals surface area contributed by atoms with E-state index in [2.05, 4.69) is 4.90 Å². The Bertz CT molecular complexity index is 956. The van der Waals surface area contributed by atoms with Crippen LogP contribution in [0.2, 0.25) is 0 Å². The second-order valence-corrected chi connectivity index (χ2v) is 7.55. The zero-order valence-electron chi connectivity index (χ0n) is 17.0. The summed E-state index contributed by atoms with van der Waals surface area (Å²) in [6.45, 7) is 6.16. The van der Waals surface area contributed by atoms with Crippen LogP contribution < -0.4 is 9.64 Å². The van der Waals surface area contributed by atoms with Crippen LogP contribution in [-0.4, -0.2) is 36.4 Å². The molecule has 5 heteroatoms. The predicted octanol–water partition coefficient (Wildman–Crippen LogP) is 4.16. The van der Waals surface area contributed by atoms with Gasteiger partial charge in [-0.15, -0.1) is 0 Å². The molecule has 29 heavy (non-hydrogen) atoms. The molecule has 0 N–H and O–H groups in total. The van der Waals surface area contributed by atoms with E-state index < -0.39 is 0 Å². The SMILES string of the molecule is CCCOc1ccccc1N1C(=O)C(c2ccc(C)cc2)=C(N2CCCC2)C1=O. The van der Waals surface area contributed by atoms with Crippen LogP contribution in [0.1, 0.15) is 37.3 Å². The van der Waals surface area contributed by atoms with Crippen molar-refractivity contribution in [3.05, 3.63) is 65.4 Å². The number of imide groups is 1. The Morgan fingerprint density at radius 3 is 2.31 bits per heavy atom. The topological polar surface area (TPSA) is 49.9 Å². The number of amides is 2. The van der Waals surface area contributed by atoms with Gasteiger partial charge in [0.25, 0.3) is 11.8 Å². The standard InChI is InChI=1S/C24H26N2O3/c1-3-16-29-20-9-5-4-8-19(20)26-23(27)21(18-12-10-17(2)11-13-18)22(24(26)28)25-14-6-7-15-25/h4-5,8-13H,3,6-7,14-16H2,1-2H3. The lowest BCUT2D eigenvalue weighted by Crippen LogP contribution is -2.34. The number of para-hydroxylation sites is 2. The van der Waals surface area contributed by atoms with Crippen LogP contribution in [0.4, 0.5) is 5.69 Å². The average Bonchev–Trinajstić information content (AvgIpc) is 3.34. The van der Waals surface area contributed by atoms with Gasteiger partial charge in [0, 0.05) is 13.1 Å². The fraction of sp³-hybridized carbons (Fsp3) is 0.333. The predicted molar refractivity (Wildman–Crippen MR) is 114 cm³/mol. The van der Waals surface area contributed by atoms with E-state index in [9.17, 15) is 9.59 Å². The van der Waals surface area contributed by atoms with Gasteiger partial charge in [-0.25, -0.2) is 4.90 Å². The van der Waals surface area contributed by atoms with E-state index in [1.54, 1.807) is 6.07 Å². The summed E-state index contributed by atoms with van der Waals surface area (Å²) in [5, 5.41) is 0. The van der Waals surface area contributed by atoms with E-state index in [0.717, 1.165) is 43.5 Å². The molecule has 1 fully saturated rings. The molecule has 2 amide bonds. The summed E-state index contributed by atoms with van der Waals surface area (Å²) in [6.07, 6.45) is 2.91. The van der Waals surface area contributed by atoms with Crippen LogP contribution in [-0.2, 0) is 9.59 Å². The van der Waals surface area contributed by atoms with Crippen LogP contribution in [0.25, 0.3) is 5.57 Å². The average molecular weight is 390 g/mol. The van der Waals surface area contributed by atoms with Crippen molar-refractivity contribution < 1.29 is 14.3 Å². The number of ether oxygens (including phenoxy) is 1. The summed E-state index contributed by atoms with van der Waals surface area (Å²) >= 11 is 0. The molecule has 0 aromatic heterocycles. The van der Waals surface area contributed by atoms with E-state index in [1.165, 1.54) is 4.90 Å². The quantitative estimate of drug-likeness (QED) is 0.695. The number of hydrogen-bond donors (Lipinski definition) is 0. The number of hydrogen-bond acceptors (Lipinski definition) is 4. The molecule has 4 rings (SSSR count). The first kappa shape index (κ1) is 19.2. The number of likely N-dealkylation sites (tertiary alicyclic amines) is 1. The molecule has 0 aliphatic carbocycles. The lowest BCUT2D eigenvalue weighted by atomic mass is 10.0. The maximum atomic E-state index is 13.6. The Hall–Kier alpha value is -3.08. The molecule has 0 unspecified atom stereocenters. The second-order valence-electron chi connectivity index (χ2n) is 7.55. The van der Waals surface area contributed by atoms with Crippen molar-refractivity contribution >= 4 is 23.1 Å². The minimum absolute atomic E-state index is 0.264. The van der Waals surface area contributed by atoms with Crippen LogP contribution in [0.3, 0.4) is 0 Å². The Morgan fingerprint density at radius 1 is 0.931 bits per heavy atom. The molecule has 2 aliphatic rings. The van der Waals surface area contributed by atoms with E-state index in [4.69, 9.17) is 4.74 Å². The van der Waals surface area contributed by atoms with Gasteiger partial charge in [0.1, 0.15) is 11.4 Å². The van der Waals surface area contributed by atoms with Crippen LogP contribution in [0, 0.1) is 6.92 Å². The maximum absolute atomic E-state index is 13.6. The molecule has 0 atom stereocenters. The first-order valence-corrected chi connectivity index (χ1v) is 10.3. The van der Waals surface area contributed by atoms with E-state index in [-0.39, 0.29) is 11.8 Å². The number of aryl methyl sites for hydroxylation is 1. The lowest BCUT2D eigenvalue weighted by Gasteiger charge is -2.21. The van der Waals surface area contributed by atoms with E-state index >= 15 is 0 Å². The Morgan fingerprint density at radius 2 is 1.62 bits per heavy atom. The van der Waals surface area contributed by atoms with Gasteiger partial charge in [-0.05, 0) is 43.9 Å². The molecule has 2 aromatic rings. The summed E-state index contributed by atoms with van der Waals surface area (Å²) < 4.78 is 5.83. The third kappa shape index (κ3) is 3.53. The molecule has 0 radical (unpaired) electrons. The Kier molecular flexibility index (Phi) is 5.38. The molecule has 0 bridgehead atoms. The normalized spacial score (nSPS) is 16.9. The zero-order chi connectivity index (χ0) is 20.4. The monoisotopic (exact) mass is 390 g/mol. The lowest BCUT2D eigenvalue weighted by molar-refractivity contribution is -0.120. The van der Waals surface area contributed by atoms with Crippen molar-refractivity contribution in [2.24, 2.45) is 0 Å². The first-order valence-electron chi connectivity index (χ1n) is 10.3. The van der Waals surface area contributed by atoms with Crippen molar-refractivity contribution in [2.75, 3.05) is 24.6 Å². The number of nitrogens with zero attached hydrogens (tertiary/aromatic N) is 2. The summed E-state index contributed by atoms with van der Waals surface area (Å²) in [4.78, 5) is 30.4. The molecular weight excluding hydrogens is 364 g/mol. The van der Waals surface area contributed by atoms with Crippen molar-refractivity contribution in [3.63, 3.8) is 0 Å². The summed E-state index contributed by atoms with van der Waals surface area (Å²) in [6, 6.07) is 15.1. The molecule has 5 nitrogen and oxygen atoms in total. The Balaban J connectivity index is 1.80. The van der Waals surface area contributed by atoms with Gasteiger partial charge in [0.15, 0.2) is 0 Å². The highest BCUT2D eigenvalue weighted by Gasteiger charge is 2.43. The number of benzene rings is 2. The fourth-order valence-corrected chi connectivity index (χ4v) is 3.93. The van der Waals surface area contributed by atoms with Crippen molar-refractivity contribution in [1.82, 2.24) is 4.90 Å². The van der Waals surface area contributed by atoms with Gasteiger partial charge in [0.2, 0.25) is 0 Å². The minimum Gasteiger partial charge on any atom is -0.491 e. The van der Waals surface area contributed by atoms with Gasteiger partial charge in [-0.1, -0.05) is 48.9 Å². The number of carbonyl (C=O) groups excluding carboxylic acids is 2. The van der Waals surface area contributed by atoms with Crippen LogP contribution >= 0.6 is 0 Å². The van der Waals surface area contributed by atoms with Crippen molar-refractivity contribution in [3.8, 4) is 5.75 Å². The summed E-state index contributed by atoms with van der Waals surface area (Å²) in [5.41, 5.74) is 3.41. The van der Waals surface area contributed by atoms with Crippen LogP contribution in [0.5, 0.6) is 5.75 Å². The molecule has 2 aliphatic heterocycles. The van der Waals surface area contributed by atoms with E-state index in [0.29, 0.717) is 29.3 Å². The second kappa shape index (κ2) is 8.11. The molecular formula is C24H26N2O3. The highest BCUT2D eigenvalue weighted by Crippen LogP contribution is 2.39. The Labute approximate surface area is 171 Å². The summed E-state index contributed by atoms with van der Waals surface area (Å²) in [5.74, 6) is 0.00954. The zero-order valence-corrected chi connectivity index (χ0v) is 17.0. The van der Waals surface area contributed by atoms with Crippen molar-refractivity contribution in [2.45, 2.75) is 33.1 Å². The maximum Gasteiger partial charge on any atom is 0.282 e. The number of rotatable bonds is 6. The molecule has 0 spiro atoms. The third-order valence-electron chi connectivity index (χ3n) is 5.39. The fourth-order valence-electron chi connectivity index (χ4n) is 3.93. The van der Waals surface area contributed by atoms with Gasteiger partial charge in [0.05, 0.1) is 17.9 Å². The van der Waals surface area contributed by atoms with Gasteiger partial charge >= 0.3 is 0 Å². The molecule has 150 valence electrons. The molecule has 0 saturated carbocycles. The van der Waals surface area contributed by atoms with Gasteiger partial charge in [-0.2, -0.15) is 0 Å². The number of carbonyl (C=O) groups is 2. The largest absolute Gasteiger partial charge is 0.491 e. The van der Waals surface area contributed by atoms with E-state index in [1.807, 2.05) is 56.3 Å².